The Bertz CT molecular complexity index is 320. The van der Waals surface area contributed by atoms with E-state index in [1.165, 1.54) is 0 Å². The van der Waals surface area contributed by atoms with E-state index in [2.05, 4.69) is 4.98 Å². The topological polar surface area (TPSA) is 42.4 Å². The van der Waals surface area contributed by atoms with Crippen molar-refractivity contribution in [2.24, 2.45) is 0 Å². The fourth-order valence-electron chi connectivity index (χ4n) is 2.57. The molecular formula is C13H19NO2. The van der Waals surface area contributed by atoms with Crippen molar-refractivity contribution in [2.75, 3.05) is 7.11 Å². The van der Waals surface area contributed by atoms with E-state index < -0.39 is 6.10 Å². The summed E-state index contributed by atoms with van der Waals surface area (Å²) in [5.74, 6) is 0. The van der Waals surface area contributed by atoms with Gasteiger partial charge in [0.25, 0.3) is 0 Å². The molecule has 0 radical (unpaired) electrons. The predicted octanol–water partition coefficient (Wildman–Crippen LogP) is 1.94. The van der Waals surface area contributed by atoms with Gasteiger partial charge in [0.1, 0.15) is 0 Å². The van der Waals surface area contributed by atoms with E-state index in [1.807, 2.05) is 12.1 Å². The number of rotatable bonds is 4. The zero-order valence-electron chi connectivity index (χ0n) is 9.72. The third-order valence-corrected chi connectivity index (χ3v) is 3.64. The minimum Gasteiger partial charge on any atom is -0.390 e. The smallest absolute Gasteiger partial charge is 0.0939 e. The first-order valence-corrected chi connectivity index (χ1v) is 5.89. The second-order valence-corrected chi connectivity index (χ2v) is 4.55. The maximum absolute atomic E-state index is 10.3. The maximum atomic E-state index is 10.3. The lowest BCUT2D eigenvalue weighted by molar-refractivity contribution is -0.0971. The zero-order valence-corrected chi connectivity index (χ0v) is 9.72. The van der Waals surface area contributed by atoms with Gasteiger partial charge < -0.3 is 9.84 Å². The molecule has 1 fully saturated rings. The molecule has 0 aliphatic heterocycles. The molecule has 0 amide bonds. The molecule has 16 heavy (non-hydrogen) atoms. The number of aliphatic hydroxyl groups excluding tert-OH is 1. The summed E-state index contributed by atoms with van der Waals surface area (Å²) >= 11 is 0. The van der Waals surface area contributed by atoms with Crippen molar-refractivity contribution >= 4 is 0 Å². The van der Waals surface area contributed by atoms with Crippen LogP contribution in [0.1, 0.15) is 31.2 Å². The van der Waals surface area contributed by atoms with Crippen LogP contribution in [0.5, 0.6) is 0 Å². The van der Waals surface area contributed by atoms with Gasteiger partial charge in [0.2, 0.25) is 0 Å². The third kappa shape index (κ3) is 2.25. The molecule has 3 nitrogen and oxygen atoms in total. The number of methoxy groups -OCH3 is 1. The van der Waals surface area contributed by atoms with Gasteiger partial charge in [-0.2, -0.15) is 0 Å². The fourth-order valence-corrected chi connectivity index (χ4v) is 2.57. The molecule has 3 heteroatoms. The van der Waals surface area contributed by atoms with Crippen molar-refractivity contribution in [2.45, 2.75) is 43.8 Å². The van der Waals surface area contributed by atoms with E-state index in [9.17, 15) is 5.11 Å². The van der Waals surface area contributed by atoms with Crippen molar-refractivity contribution < 1.29 is 9.84 Å². The first-order chi connectivity index (χ1) is 7.77. The van der Waals surface area contributed by atoms with Gasteiger partial charge in [-0.15, -0.1) is 0 Å². The molecule has 1 atom stereocenters. The number of ether oxygens (including phenoxy) is 1. The van der Waals surface area contributed by atoms with Crippen LogP contribution in [-0.4, -0.2) is 28.9 Å². The molecule has 0 bridgehead atoms. The highest BCUT2D eigenvalue weighted by Crippen LogP contribution is 2.36. The highest BCUT2D eigenvalue weighted by molar-refractivity contribution is 5.12. The normalized spacial score (nSPS) is 20.9. The highest BCUT2D eigenvalue weighted by Gasteiger charge is 2.40. The molecule has 2 rings (SSSR count). The Balaban J connectivity index is 2.04. The highest BCUT2D eigenvalue weighted by atomic mass is 16.5. The largest absolute Gasteiger partial charge is 0.390 e. The lowest BCUT2D eigenvalue weighted by atomic mass is 9.90. The molecule has 1 heterocycles. The summed E-state index contributed by atoms with van der Waals surface area (Å²) in [6.45, 7) is 0. The second kappa shape index (κ2) is 4.93. The van der Waals surface area contributed by atoms with E-state index in [0.29, 0.717) is 6.42 Å². The SMILES string of the molecule is COC1(C(O)Cc2ccncc2)CCCC1. The van der Waals surface area contributed by atoms with Crippen LogP contribution in [0.15, 0.2) is 24.5 Å². The first kappa shape index (κ1) is 11.6. The zero-order chi connectivity index (χ0) is 11.4. The van der Waals surface area contributed by atoms with Gasteiger partial charge in [-0.3, -0.25) is 4.98 Å². The van der Waals surface area contributed by atoms with Crippen molar-refractivity contribution in [3.05, 3.63) is 30.1 Å². The number of pyridine rings is 1. The van der Waals surface area contributed by atoms with Crippen LogP contribution in [0.25, 0.3) is 0 Å². The summed E-state index contributed by atoms with van der Waals surface area (Å²) < 4.78 is 5.57. The molecule has 1 aromatic heterocycles. The summed E-state index contributed by atoms with van der Waals surface area (Å²) in [5, 5.41) is 10.3. The molecule has 1 aromatic rings. The summed E-state index contributed by atoms with van der Waals surface area (Å²) in [5.41, 5.74) is 0.800. The molecule has 1 saturated carbocycles. The Hall–Kier alpha value is -0.930. The predicted molar refractivity (Wildman–Crippen MR) is 62.2 cm³/mol. The van der Waals surface area contributed by atoms with E-state index in [0.717, 1.165) is 31.2 Å². The summed E-state index contributed by atoms with van der Waals surface area (Å²) in [6, 6.07) is 3.89. The Morgan fingerprint density at radius 3 is 2.56 bits per heavy atom. The monoisotopic (exact) mass is 221 g/mol. The van der Waals surface area contributed by atoms with Crippen LogP contribution in [0.2, 0.25) is 0 Å². The van der Waals surface area contributed by atoms with E-state index >= 15 is 0 Å². The van der Waals surface area contributed by atoms with Crippen molar-refractivity contribution in [1.29, 1.82) is 0 Å². The van der Waals surface area contributed by atoms with Crippen LogP contribution in [0.4, 0.5) is 0 Å². The van der Waals surface area contributed by atoms with Gasteiger partial charge in [0.15, 0.2) is 0 Å². The standard InChI is InChI=1S/C13H19NO2/c1-16-13(6-2-3-7-13)12(15)10-11-4-8-14-9-5-11/h4-5,8-9,12,15H,2-3,6-7,10H2,1H3. The van der Waals surface area contributed by atoms with Gasteiger partial charge in [-0.1, -0.05) is 12.8 Å². The summed E-state index contributed by atoms with van der Waals surface area (Å²) in [4.78, 5) is 3.97. The molecule has 1 aliphatic rings. The van der Waals surface area contributed by atoms with Gasteiger partial charge in [-0.05, 0) is 30.5 Å². The van der Waals surface area contributed by atoms with E-state index in [4.69, 9.17) is 4.74 Å². The quantitative estimate of drug-likeness (QED) is 0.845. The average Bonchev–Trinajstić information content (AvgIpc) is 2.80. The fraction of sp³-hybridized carbons (Fsp3) is 0.615. The van der Waals surface area contributed by atoms with Crippen LogP contribution < -0.4 is 0 Å². The maximum Gasteiger partial charge on any atom is 0.0939 e. The minimum absolute atomic E-state index is 0.316. The number of aliphatic hydroxyl groups is 1. The molecule has 0 aromatic carbocycles. The average molecular weight is 221 g/mol. The Kier molecular flexibility index (Phi) is 3.56. The van der Waals surface area contributed by atoms with Gasteiger partial charge in [-0.25, -0.2) is 0 Å². The Morgan fingerprint density at radius 2 is 2.00 bits per heavy atom. The van der Waals surface area contributed by atoms with Crippen LogP contribution in [-0.2, 0) is 11.2 Å². The molecule has 1 N–H and O–H groups in total. The van der Waals surface area contributed by atoms with Crippen molar-refractivity contribution in [3.63, 3.8) is 0 Å². The lowest BCUT2D eigenvalue weighted by Crippen LogP contribution is -2.42. The van der Waals surface area contributed by atoms with Crippen LogP contribution in [0.3, 0.4) is 0 Å². The minimum atomic E-state index is -0.414. The van der Waals surface area contributed by atoms with Crippen molar-refractivity contribution in [1.82, 2.24) is 4.98 Å². The molecule has 0 saturated heterocycles. The summed E-state index contributed by atoms with van der Waals surface area (Å²) in [7, 11) is 1.71. The van der Waals surface area contributed by atoms with Crippen molar-refractivity contribution in [3.8, 4) is 0 Å². The lowest BCUT2D eigenvalue weighted by Gasteiger charge is -2.32. The first-order valence-electron chi connectivity index (χ1n) is 5.89. The molecule has 88 valence electrons. The molecule has 1 aliphatic carbocycles. The summed E-state index contributed by atoms with van der Waals surface area (Å²) in [6.07, 6.45) is 8.00. The number of aromatic nitrogens is 1. The molecule has 0 spiro atoms. The Labute approximate surface area is 96.5 Å². The molecule has 1 unspecified atom stereocenters. The van der Waals surface area contributed by atoms with Crippen LogP contribution in [0, 0.1) is 0 Å². The second-order valence-electron chi connectivity index (χ2n) is 4.55. The van der Waals surface area contributed by atoms with Gasteiger partial charge >= 0.3 is 0 Å². The van der Waals surface area contributed by atoms with Gasteiger partial charge in [0, 0.05) is 25.9 Å². The van der Waals surface area contributed by atoms with E-state index in [-0.39, 0.29) is 5.60 Å². The third-order valence-electron chi connectivity index (χ3n) is 3.64. The van der Waals surface area contributed by atoms with Crippen LogP contribution >= 0.6 is 0 Å². The Morgan fingerprint density at radius 1 is 1.38 bits per heavy atom. The van der Waals surface area contributed by atoms with E-state index in [1.54, 1.807) is 19.5 Å². The number of hydrogen-bond donors (Lipinski definition) is 1. The number of nitrogens with zero attached hydrogens (tertiary/aromatic N) is 1. The number of hydrogen-bond acceptors (Lipinski definition) is 3. The van der Waals surface area contributed by atoms with Gasteiger partial charge in [0.05, 0.1) is 11.7 Å². The molecular weight excluding hydrogens is 202 g/mol.